The zero-order chi connectivity index (χ0) is 20.9. The summed E-state index contributed by atoms with van der Waals surface area (Å²) in [5.41, 5.74) is 3.48. The monoisotopic (exact) mass is 399 g/mol. The van der Waals surface area contributed by atoms with E-state index in [4.69, 9.17) is 14.2 Å². The van der Waals surface area contributed by atoms with Gasteiger partial charge in [0, 0.05) is 20.2 Å². The lowest BCUT2D eigenvalue weighted by atomic mass is 10.1. The maximum atomic E-state index is 5.67. The molecule has 0 amide bonds. The second-order valence-corrected chi connectivity index (χ2v) is 6.66. The Kier molecular flexibility index (Phi) is 9.86. The number of benzene rings is 2. The van der Waals surface area contributed by atoms with Crippen LogP contribution in [0.3, 0.4) is 0 Å². The minimum absolute atomic E-state index is 0.539. The molecule has 0 aliphatic rings. The molecule has 6 nitrogen and oxygen atoms in total. The molecule has 0 aliphatic carbocycles. The molecule has 2 rings (SSSR count). The Labute approximate surface area is 174 Å². The van der Waals surface area contributed by atoms with Crippen molar-refractivity contribution >= 4 is 5.96 Å². The minimum Gasteiger partial charge on any atom is -0.496 e. The number of hydrogen-bond acceptors (Lipinski definition) is 4. The standard InChI is InChI=1S/C23H33N3O3/c1-5-24-23(25-12-11-19-10-9-18(2)22(16-19)28-4)26-17-20-7-6-8-21(15-20)29-14-13-27-3/h6-10,15-16H,5,11-14,17H2,1-4H3,(H2,24,25,26). The van der Waals surface area contributed by atoms with E-state index in [0.717, 1.165) is 48.1 Å². The van der Waals surface area contributed by atoms with Gasteiger partial charge in [0.15, 0.2) is 5.96 Å². The topological polar surface area (TPSA) is 64.1 Å². The van der Waals surface area contributed by atoms with E-state index in [1.165, 1.54) is 5.56 Å². The highest BCUT2D eigenvalue weighted by Crippen LogP contribution is 2.19. The van der Waals surface area contributed by atoms with Crippen molar-refractivity contribution in [1.29, 1.82) is 0 Å². The van der Waals surface area contributed by atoms with Crippen molar-refractivity contribution in [2.75, 3.05) is 40.5 Å². The fourth-order valence-electron chi connectivity index (χ4n) is 2.83. The summed E-state index contributed by atoms with van der Waals surface area (Å²) in [6.07, 6.45) is 0.893. The van der Waals surface area contributed by atoms with Crippen LogP contribution in [0.5, 0.6) is 11.5 Å². The Morgan fingerprint density at radius 1 is 1.00 bits per heavy atom. The van der Waals surface area contributed by atoms with Crippen molar-refractivity contribution in [1.82, 2.24) is 10.6 Å². The molecule has 0 atom stereocenters. The quantitative estimate of drug-likeness (QED) is 0.345. The van der Waals surface area contributed by atoms with Gasteiger partial charge in [0.2, 0.25) is 0 Å². The fraction of sp³-hybridized carbons (Fsp3) is 0.435. The third kappa shape index (κ3) is 8.03. The number of nitrogens with zero attached hydrogens (tertiary/aromatic N) is 1. The van der Waals surface area contributed by atoms with Gasteiger partial charge in [-0.2, -0.15) is 0 Å². The average Bonchev–Trinajstić information content (AvgIpc) is 2.73. The molecule has 0 unspecified atom stereocenters. The van der Waals surface area contributed by atoms with E-state index in [1.54, 1.807) is 14.2 Å². The first kappa shape index (κ1) is 22.6. The van der Waals surface area contributed by atoms with Crippen LogP contribution >= 0.6 is 0 Å². The van der Waals surface area contributed by atoms with Gasteiger partial charge in [-0.3, -0.25) is 0 Å². The second-order valence-electron chi connectivity index (χ2n) is 6.66. The van der Waals surface area contributed by atoms with Gasteiger partial charge in [-0.25, -0.2) is 4.99 Å². The van der Waals surface area contributed by atoms with Gasteiger partial charge in [0.1, 0.15) is 18.1 Å². The number of ether oxygens (including phenoxy) is 3. The molecule has 2 N–H and O–H groups in total. The molecular formula is C23H33N3O3. The van der Waals surface area contributed by atoms with Gasteiger partial charge < -0.3 is 24.8 Å². The largest absolute Gasteiger partial charge is 0.496 e. The smallest absolute Gasteiger partial charge is 0.191 e. The number of aliphatic imine (C=N–C) groups is 1. The summed E-state index contributed by atoms with van der Waals surface area (Å²) in [4.78, 5) is 4.69. The first-order valence-corrected chi connectivity index (χ1v) is 10.0. The molecule has 0 fully saturated rings. The first-order valence-electron chi connectivity index (χ1n) is 10.0. The molecule has 2 aromatic carbocycles. The summed E-state index contributed by atoms with van der Waals surface area (Å²) in [5.74, 6) is 2.56. The van der Waals surface area contributed by atoms with E-state index in [0.29, 0.717) is 19.8 Å². The van der Waals surface area contributed by atoms with Crippen LogP contribution in [0.1, 0.15) is 23.6 Å². The Morgan fingerprint density at radius 3 is 2.62 bits per heavy atom. The van der Waals surface area contributed by atoms with Crippen LogP contribution in [0.4, 0.5) is 0 Å². The van der Waals surface area contributed by atoms with Gasteiger partial charge in [-0.05, 0) is 55.2 Å². The van der Waals surface area contributed by atoms with E-state index in [9.17, 15) is 0 Å². The summed E-state index contributed by atoms with van der Waals surface area (Å²) >= 11 is 0. The summed E-state index contributed by atoms with van der Waals surface area (Å²) in [7, 11) is 3.37. The lowest BCUT2D eigenvalue weighted by Gasteiger charge is -2.12. The fourth-order valence-corrected chi connectivity index (χ4v) is 2.83. The van der Waals surface area contributed by atoms with Crippen molar-refractivity contribution in [2.24, 2.45) is 4.99 Å². The maximum Gasteiger partial charge on any atom is 0.191 e. The van der Waals surface area contributed by atoms with Gasteiger partial charge in [-0.15, -0.1) is 0 Å². The predicted octanol–water partition coefficient (Wildman–Crippen LogP) is 3.33. The average molecular weight is 400 g/mol. The van der Waals surface area contributed by atoms with Gasteiger partial charge in [0.25, 0.3) is 0 Å². The number of aryl methyl sites for hydroxylation is 1. The van der Waals surface area contributed by atoms with E-state index < -0.39 is 0 Å². The second kappa shape index (κ2) is 12.7. The highest BCUT2D eigenvalue weighted by molar-refractivity contribution is 5.79. The number of rotatable bonds is 11. The molecule has 2 aromatic rings. The van der Waals surface area contributed by atoms with Crippen LogP contribution in [0.15, 0.2) is 47.5 Å². The van der Waals surface area contributed by atoms with Crippen LogP contribution < -0.4 is 20.1 Å². The van der Waals surface area contributed by atoms with Gasteiger partial charge >= 0.3 is 0 Å². The molecular weight excluding hydrogens is 366 g/mol. The Bertz CT molecular complexity index is 778. The molecule has 0 heterocycles. The van der Waals surface area contributed by atoms with E-state index in [-0.39, 0.29) is 0 Å². The Morgan fingerprint density at radius 2 is 1.86 bits per heavy atom. The summed E-state index contributed by atoms with van der Waals surface area (Å²) < 4.78 is 16.1. The van der Waals surface area contributed by atoms with E-state index >= 15 is 0 Å². The maximum absolute atomic E-state index is 5.67. The molecule has 0 aliphatic heterocycles. The van der Waals surface area contributed by atoms with Crippen LogP contribution in [0, 0.1) is 6.92 Å². The lowest BCUT2D eigenvalue weighted by Crippen LogP contribution is -2.38. The van der Waals surface area contributed by atoms with Crippen molar-refractivity contribution in [3.05, 3.63) is 59.2 Å². The first-order chi connectivity index (χ1) is 14.2. The Hall–Kier alpha value is -2.73. The lowest BCUT2D eigenvalue weighted by molar-refractivity contribution is 0.146. The Balaban J connectivity index is 1.90. The number of methoxy groups -OCH3 is 2. The highest BCUT2D eigenvalue weighted by Gasteiger charge is 2.03. The minimum atomic E-state index is 0.539. The van der Waals surface area contributed by atoms with Crippen LogP contribution in [-0.4, -0.2) is 46.5 Å². The summed E-state index contributed by atoms with van der Waals surface area (Å²) in [6.45, 7) is 7.40. The van der Waals surface area contributed by atoms with Crippen molar-refractivity contribution in [3.63, 3.8) is 0 Å². The normalized spacial score (nSPS) is 11.2. The van der Waals surface area contributed by atoms with Crippen LogP contribution in [0.2, 0.25) is 0 Å². The van der Waals surface area contributed by atoms with Gasteiger partial charge in [-0.1, -0.05) is 24.3 Å². The number of hydrogen-bond donors (Lipinski definition) is 2. The van der Waals surface area contributed by atoms with Crippen molar-refractivity contribution in [2.45, 2.75) is 26.8 Å². The molecule has 0 spiro atoms. The van der Waals surface area contributed by atoms with Gasteiger partial charge in [0.05, 0.1) is 20.3 Å². The van der Waals surface area contributed by atoms with Crippen molar-refractivity contribution < 1.29 is 14.2 Å². The molecule has 0 aromatic heterocycles. The van der Waals surface area contributed by atoms with E-state index in [1.807, 2.05) is 18.2 Å². The van der Waals surface area contributed by atoms with E-state index in [2.05, 4.69) is 53.7 Å². The van der Waals surface area contributed by atoms with Crippen molar-refractivity contribution in [3.8, 4) is 11.5 Å². The molecule has 0 radical (unpaired) electrons. The molecule has 6 heteroatoms. The molecule has 0 bridgehead atoms. The molecule has 0 saturated carbocycles. The van der Waals surface area contributed by atoms with Crippen LogP contribution in [0.25, 0.3) is 0 Å². The number of guanidine groups is 1. The highest BCUT2D eigenvalue weighted by atomic mass is 16.5. The predicted molar refractivity (Wildman–Crippen MR) is 118 cm³/mol. The number of nitrogens with one attached hydrogen (secondary N) is 2. The third-order valence-electron chi connectivity index (χ3n) is 4.40. The molecule has 158 valence electrons. The summed E-state index contributed by atoms with van der Waals surface area (Å²) in [5, 5.41) is 6.69. The molecule has 0 saturated heterocycles. The zero-order valence-corrected chi connectivity index (χ0v) is 18.0. The third-order valence-corrected chi connectivity index (χ3v) is 4.40. The zero-order valence-electron chi connectivity index (χ0n) is 18.0. The molecule has 29 heavy (non-hydrogen) atoms. The summed E-state index contributed by atoms with van der Waals surface area (Å²) in [6, 6.07) is 14.3. The van der Waals surface area contributed by atoms with Crippen LogP contribution in [-0.2, 0) is 17.7 Å². The SMILES string of the molecule is CCNC(=NCc1cccc(OCCOC)c1)NCCc1ccc(C)c(OC)c1.